The van der Waals surface area contributed by atoms with Crippen molar-refractivity contribution in [3.05, 3.63) is 81.7 Å². The van der Waals surface area contributed by atoms with E-state index in [0.29, 0.717) is 10.0 Å². The summed E-state index contributed by atoms with van der Waals surface area (Å²) in [7, 11) is 0. The van der Waals surface area contributed by atoms with E-state index in [0.717, 1.165) is 32.9 Å². The molecule has 0 fully saturated rings. The molecular weight excluding hydrogens is 405 g/mol. The average molecular weight is 418 g/mol. The monoisotopic (exact) mass is 417 g/mol. The molecule has 0 N–H and O–H groups in total. The van der Waals surface area contributed by atoms with Crippen LogP contribution in [0.25, 0.3) is 16.4 Å². The third kappa shape index (κ3) is 3.67. The Bertz CT molecular complexity index is 1010. The van der Waals surface area contributed by atoms with Gasteiger partial charge in [0.1, 0.15) is 0 Å². The van der Waals surface area contributed by atoms with Crippen molar-refractivity contribution >= 4 is 46.3 Å². The Kier molecular flexibility index (Phi) is 5.31. The van der Waals surface area contributed by atoms with Crippen LogP contribution < -0.4 is 0 Å². The van der Waals surface area contributed by atoms with E-state index < -0.39 is 0 Å². The van der Waals surface area contributed by atoms with Crippen LogP contribution in [0.3, 0.4) is 0 Å². The van der Waals surface area contributed by atoms with Crippen molar-refractivity contribution < 1.29 is 0 Å². The van der Waals surface area contributed by atoms with Crippen LogP contribution in [0, 0.1) is 0 Å². The summed E-state index contributed by atoms with van der Waals surface area (Å²) in [5.41, 5.74) is 2.13. The third-order valence-corrected chi connectivity index (χ3v) is 6.35. The molecule has 0 unspecified atom stereocenters. The Balaban J connectivity index is 1.68. The molecule has 4 rings (SSSR count). The number of para-hydroxylation sites is 1. The molecule has 0 spiro atoms. The molecule has 0 saturated carbocycles. The maximum atomic E-state index is 6.12. The van der Waals surface area contributed by atoms with Crippen molar-refractivity contribution in [3.8, 4) is 16.4 Å². The van der Waals surface area contributed by atoms with Gasteiger partial charge in [-0.1, -0.05) is 65.3 Å². The molecule has 2 heterocycles. The van der Waals surface area contributed by atoms with Crippen molar-refractivity contribution in [3.63, 3.8) is 0 Å². The molecule has 2 aromatic carbocycles. The van der Waals surface area contributed by atoms with Crippen LogP contribution in [0.15, 0.2) is 71.2 Å². The number of benzene rings is 2. The number of nitrogens with zero attached hydrogens (tertiary/aromatic N) is 3. The Labute approximate surface area is 169 Å². The van der Waals surface area contributed by atoms with Crippen LogP contribution in [0.5, 0.6) is 0 Å². The molecule has 0 aliphatic heterocycles. The summed E-state index contributed by atoms with van der Waals surface area (Å²) < 4.78 is 2.09. The molecule has 0 aliphatic carbocycles. The number of hydrogen-bond donors (Lipinski definition) is 0. The van der Waals surface area contributed by atoms with Gasteiger partial charge in [0.05, 0.1) is 14.9 Å². The molecule has 3 nitrogen and oxygen atoms in total. The number of thiophene rings is 1. The van der Waals surface area contributed by atoms with Crippen molar-refractivity contribution in [2.75, 3.05) is 0 Å². The van der Waals surface area contributed by atoms with E-state index in [2.05, 4.69) is 33.0 Å². The van der Waals surface area contributed by atoms with Crippen LogP contribution in [0.1, 0.15) is 5.56 Å². The second-order valence-electron chi connectivity index (χ2n) is 5.49. The largest absolute Gasteiger partial charge is 0.269 e. The zero-order valence-corrected chi connectivity index (χ0v) is 16.6. The first kappa shape index (κ1) is 17.6. The lowest BCUT2D eigenvalue weighted by atomic mass is 10.2. The van der Waals surface area contributed by atoms with Gasteiger partial charge >= 0.3 is 0 Å². The van der Waals surface area contributed by atoms with Crippen molar-refractivity contribution in [2.45, 2.75) is 10.9 Å². The summed E-state index contributed by atoms with van der Waals surface area (Å²) in [6, 6.07) is 19.9. The number of rotatable bonds is 5. The fourth-order valence-electron chi connectivity index (χ4n) is 2.52. The van der Waals surface area contributed by atoms with Gasteiger partial charge in [-0.3, -0.25) is 4.57 Å². The summed E-state index contributed by atoms with van der Waals surface area (Å²) in [4.78, 5) is 1.09. The van der Waals surface area contributed by atoms with E-state index in [1.165, 1.54) is 0 Å². The standard InChI is InChI=1S/C19H13Cl2N3S2/c20-15-9-8-13(11-16(15)21)12-26-19-23-22-18(17-7-4-10-25-17)24(19)14-5-2-1-3-6-14/h1-11H,12H2. The quantitative estimate of drug-likeness (QED) is 0.342. The maximum absolute atomic E-state index is 6.12. The highest BCUT2D eigenvalue weighted by Gasteiger charge is 2.16. The van der Waals surface area contributed by atoms with E-state index in [9.17, 15) is 0 Å². The maximum Gasteiger partial charge on any atom is 0.196 e. The molecule has 26 heavy (non-hydrogen) atoms. The molecule has 0 bridgehead atoms. The highest BCUT2D eigenvalue weighted by molar-refractivity contribution is 7.98. The predicted molar refractivity (Wildman–Crippen MR) is 111 cm³/mol. The van der Waals surface area contributed by atoms with E-state index >= 15 is 0 Å². The van der Waals surface area contributed by atoms with Crippen molar-refractivity contribution in [2.24, 2.45) is 0 Å². The average Bonchev–Trinajstić information content (AvgIpc) is 3.32. The first-order chi connectivity index (χ1) is 12.7. The second-order valence-corrected chi connectivity index (χ2v) is 8.20. The van der Waals surface area contributed by atoms with Gasteiger partial charge in [0.25, 0.3) is 0 Å². The lowest BCUT2D eigenvalue weighted by Crippen LogP contribution is -1.98. The molecule has 7 heteroatoms. The van der Waals surface area contributed by atoms with Gasteiger partial charge in [0, 0.05) is 11.4 Å². The highest BCUT2D eigenvalue weighted by Crippen LogP contribution is 2.32. The lowest BCUT2D eigenvalue weighted by molar-refractivity contribution is 0.886. The van der Waals surface area contributed by atoms with Crippen LogP contribution in [0.4, 0.5) is 0 Å². The van der Waals surface area contributed by atoms with Gasteiger partial charge in [0.15, 0.2) is 11.0 Å². The Morgan fingerprint density at radius 1 is 0.923 bits per heavy atom. The minimum Gasteiger partial charge on any atom is -0.269 e. The number of hydrogen-bond acceptors (Lipinski definition) is 4. The summed E-state index contributed by atoms with van der Waals surface area (Å²) in [6.07, 6.45) is 0. The minimum absolute atomic E-state index is 0.563. The van der Waals surface area contributed by atoms with Crippen LogP contribution >= 0.6 is 46.3 Å². The van der Waals surface area contributed by atoms with Crippen LogP contribution in [-0.2, 0) is 5.75 Å². The first-order valence-corrected chi connectivity index (χ1v) is 10.5. The zero-order chi connectivity index (χ0) is 17.9. The summed E-state index contributed by atoms with van der Waals surface area (Å²) in [6.45, 7) is 0. The van der Waals surface area contributed by atoms with E-state index in [-0.39, 0.29) is 0 Å². The third-order valence-electron chi connectivity index (χ3n) is 3.74. The predicted octanol–water partition coefficient (Wildman–Crippen LogP) is 6.59. The fourth-order valence-corrected chi connectivity index (χ4v) is 4.43. The van der Waals surface area contributed by atoms with Gasteiger partial charge in [-0.05, 0) is 41.3 Å². The topological polar surface area (TPSA) is 30.7 Å². The lowest BCUT2D eigenvalue weighted by Gasteiger charge is -2.09. The van der Waals surface area contributed by atoms with Gasteiger partial charge < -0.3 is 0 Å². The molecular formula is C19H13Cl2N3S2. The molecule has 0 radical (unpaired) electrons. The SMILES string of the molecule is Clc1ccc(CSc2nnc(-c3cccs3)n2-c2ccccc2)cc1Cl. The van der Waals surface area contributed by atoms with Gasteiger partial charge in [-0.2, -0.15) is 0 Å². The van der Waals surface area contributed by atoms with Gasteiger partial charge in [-0.25, -0.2) is 0 Å². The number of halogens is 2. The first-order valence-electron chi connectivity index (χ1n) is 7.84. The van der Waals surface area contributed by atoms with Gasteiger partial charge in [-0.15, -0.1) is 21.5 Å². The second kappa shape index (κ2) is 7.84. The number of thioether (sulfide) groups is 1. The Morgan fingerprint density at radius 3 is 2.50 bits per heavy atom. The fraction of sp³-hybridized carbons (Fsp3) is 0.0526. The normalized spacial score (nSPS) is 11.0. The summed E-state index contributed by atoms with van der Waals surface area (Å²) in [5, 5.41) is 12.9. The molecule has 130 valence electrons. The molecule has 0 amide bonds. The van der Waals surface area contributed by atoms with Crippen LogP contribution in [0.2, 0.25) is 10.0 Å². The minimum atomic E-state index is 0.563. The Morgan fingerprint density at radius 2 is 1.77 bits per heavy atom. The number of aromatic nitrogens is 3. The smallest absolute Gasteiger partial charge is 0.196 e. The molecule has 0 aliphatic rings. The molecule has 2 aromatic heterocycles. The molecule has 0 saturated heterocycles. The van der Waals surface area contributed by atoms with E-state index in [4.69, 9.17) is 23.2 Å². The summed E-state index contributed by atoms with van der Waals surface area (Å²) >= 11 is 15.4. The van der Waals surface area contributed by atoms with E-state index in [1.807, 2.05) is 47.8 Å². The summed E-state index contributed by atoms with van der Waals surface area (Å²) in [5.74, 6) is 1.58. The van der Waals surface area contributed by atoms with Crippen LogP contribution in [-0.4, -0.2) is 14.8 Å². The zero-order valence-electron chi connectivity index (χ0n) is 13.5. The molecule has 4 aromatic rings. The molecule has 0 atom stereocenters. The highest BCUT2D eigenvalue weighted by atomic mass is 35.5. The van der Waals surface area contributed by atoms with E-state index in [1.54, 1.807) is 23.1 Å². The van der Waals surface area contributed by atoms with Gasteiger partial charge in [0.2, 0.25) is 0 Å². The Hall–Kier alpha value is -1.79. The van der Waals surface area contributed by atoms with Crippen molar-refractivity contribution in [1.29, 1.82) is 0 Å². The van der Waals surface area contributed by atoms with Crippen molar-refractivity contribution in [1.82, 2.24) is 14.8 Å².